The van der Waals surface area contributed by atoms with Gasteiger partial charge in [-0.05, 0) is 79.5 Å². The Morgan fingerprint density at radius 2 is 1.52 bits per heavy atom. The van der Waals surface area contributed by atoms with Crippen molar-refractivity contribution in [3.05, 3.63) is 94.5 Å². The second-order valence-electron chi connectivity index (χ2n) is 8.34. The number of aliphatic hydroxyl groups is 1. The monoisotopic (exact) mass is 448 g/mol. The van der Waals surface area contributed by atoms with E-state index in [4.69, 9.17) is 9.47 Å². The zero-order chi connectivity index (χ0) is 23.8. The van der Waals surface area contributed by atoms with Crippen molar-refractivity contribution in [2.24, 2.45) is 5.92 Å². The zero-order valence-electron chi connectivity index (χ0n) is 19.5. The molecule has 0 aromatic heterocycles. The minimum Gasteiger partial charge on any atom is -0.496 e. The lowest BCUT2D eigenvalue weighted by molar-refractivity contribution is 0.0696. The van der Waals surface area contributed by atoms with Gasteiger partial charge in [0.15, 0.2) is 0 Å². The first-order chi connectivity index (χ1) is 15.9. The van der Waals surface area contributed by atoms with Gasteiger partial charge in [-0.3, -0.25) is 0 Å². The highest BCUT2D eigenvalue weighted by Gasteiger charge is 2.24. The molecule has 0 amide bonds. The van der Waals surface area contributed by atoms with Crippen LogP contribution in [-0.2, 0) is 12.8 Å². The van der Waals surface area contributed by atoms with Crippen molar-refractivity contribution in [3.8, 4) is 11.5 Å². The van der Waals surface area contributed by atoms with Gasteiger partial charge in [0.25, 0.3) is 0 Å². The van der Waals surface area contributed by atoms with Gasteiger partial charge in [0, 0.05) is 5.56 Å². The average Bonchev–Trinajstić information content (AvgIpc) is 2.84. The fourth-order valence-electron chi connectivity index (χ4n) is 4.22. The molecule has 0 spiro atoms. The summed E-state index contributed by atoms with van der Waals surface area (Å²) >= 11 is 0. The van der Waals surface area contributed by atoms with Crippen LogP contribution in [-0.4, -0.2) is 30.4 Å². The average molecular weight is 449 g/mol. The lowest BCUT2D eigenvalue weighted by atomic mass is 9.85. The highest BCUT2D eigenvalue weighted by molar-refractivity contribution is 5.87. The third kappa shape index (κ3) is 6.36. The van der Waals surface area contributed by atoms with Crippen LogP contribution in [0.5, 0.6) is 11.5 Å². The molecule has 2 unspecified atom stereocenters. The van der Waals surface area contributed by atoms with Gasteiger partial charge in [0.1, 0.15) is 11.5 Å². The van der Waals surface area contributed by atoms with Crippen LogP contribution in [0.2, 0.25) is 0 Å². The van der Waals surface area contributed by atoms with Crippen LogP contribution in [0.25, 0.3) is 0 Å². The first-order valence-electron chi connectivity index (χ1n) is 11.2. The summed E-state index contributed by atoms with van der Waals surface area (Å²) in [6, 6.07) is 21.0. The maximum absolute atomic E-state index is 11.4. The largest absolute Gasteiger partial charge is 0.496 e. The Morgan fingerprint density at radius 1 is 0.909 bits per heavy atom. The summed E-state index contributed by atoms with van der Waals surface area (Å²) in [5, 5.41) is 20.6. The number of hydrogen-bond donors (Lipinski definition) is 2. The van der Waals surface area contributed by atoms with Crippen molar-refractivity contribution in [2.75, 3.05) is 14.2 Å². The van der Waals surface area contributed by atoms with Crippen LogP contribution in [0.3, 0.4) is 0 Å². The first kappa shape index (κ1) is 24.3. The molecule has 3 aromatic carbocycles. The molecule has 0 saturated heterocycles. The summed E-state index contributed by atoms with van der Waals surface area (Å²) in [4.78, 5) is 11.2. The molecule has 0 radical (unpaired) electrons. The lowest BCUT2D eigenvalue weighted by Gasteiger charge is -2.25. The Labute approximate surface area is 195 Å². The molecule has 2 N–H and O–H groups in total. The molecule has 0 aliphatic heterocycles. The normalized spacial score (nSPS) is 12.7. The Morgan fingerprint density at radius 3 is 2.06 bits per heavy atom. The van der Waals surface area contributed by atoms with E-state index in [0.717, 1.165) is 36.0 Å². The molecule has 0 saturated carbocycles. The fourth-order valence-corrected chi connectivity index (χ4v) is 4.22. The van der Waals surface area contributed by atoms with Gasteiger partial charge in [-0.25, -0.2) is 4.79 Å². The van der Waals surface area contributed by atoms with Crippen LogP contribution in [0.1, 0.15) is 51.6 Å². The highest BCUT2D eigenvalue weighted by Crippen LogP contribution is 2.36. The van der Waals surface area contributed by atoms with Gasteiger partial charge in [0.05, 0.1) is 25.9 Å². The van der Waals surface area contributed by atoms with Crippen LogP contribution in [0.4, 0.5) is 0 Å². The zero-order valence-corrected chi connectivity index (χ0v) is 19.5. The number of carbonyl (C=O) groups is 1. The molecule has 0 fully saturated rings. The van der Waals surface area contributed by atoms with Gasteiger partial charge in [-0.15, -0.1) is 0 Å². The van der Waals surface area contributed by atoms with E-state index in [2.05, 4.69) is 12.1 Å². The molecule has 5 heteroatoms. The number of aromatic carboxylic acids is 1. The number of rotatable bonds is 11. The van der Waals surface area contributed by atoms with E-state index in [9.17, 15) is 15.0 Å². The van der Waals surface area contributed by atoms with Crippen molar-refractivity contribution in [2.45, 2.75) is 38.7 Å². The second kappa shape index (κ2) is 11.5. The summed E-state index contributed by atoms with van der Waals surface area (Å²) in [5.41, 5.74) is 4.17. The first-order valence-corrected chi connectivity index (χ1v) is 11.2. The van der Waals surface area contributed by atoms with Gasteiger partial charge >= 0.3 is 5.97 Å². The number of methoxy groups -OCH3 is 2. The molecule has 0 aliphatic carbocycles. The standard InChI is InChI=1S/C28H32O5/c1-19-25(32-2)17-24(18-26(19)33-3)27(29)23(11-7-10-20-8-5-4-6-9-20)16-21-12-14-22(15-13-21)28(30)31/h4-6,8-9,12-15,17-18,23,27,29H,7,10-11,16H2,1-3H3,(H,30,31). The van der Waals surface area contributed by atoms with Crippen molar-refractivity contribution >= 4 is 5.97 Å². The predicted octanol–water partition coefficient (Wildman–Crippen LogP) is 5.63. The van der Waals surface area contributed by atoms with Crippen molar-refractivity contribution in [3.63, 3.8) is 0 Å². The van der Waals surface area contributed by atoms with Crippen molar-refractivity contribution in [1.29, 1.82) is 0 Å². The highest BCUT2D eigenvalue weighted by atomic mass is 16.5. The summed E-state index contributed by atoms with van der Waals surface area (Å²) in [6.45, 7) is 1.93. The molecule has 0 bridgehead atoms. The smallest absolute Gasteiger partial charge is 0.335 e. The molecule has 5 nitrogen and oxygen atoms in total. The third-order valence-corrected chi connectivity index (χ3v) is 6.14. The third-order valence-electron chi connectivity index (χ3n) is 6.14. The maximum Gasteiger partial charge on any atom is 0.335 e. The molecule has 3 rings (SSSR count). The van der Waals surface area contributed by atoms with Crippen LogP contribution >= 0.6 is 0 Å². The number of aryl methyl sites for hydroxylation is 1. The molecule has 0 aliphatic rings. The van der Waals surface area contributed by atoms with E-state index in [0.29, 0.717) is 17.9 Å². The summed E-state index contributed by atoms with van der Waals surface area (Å²) < 4.78 is 11.0. The Kier molecular flexibility index (Phi) is 8.50. The van der Waals surface area contributed by atoms with E-state index < -0.39 is 12.1 Å². The number of carboxylic acid groups (broad SMARTS) is 1. The summed E-state index contributed by atoms with van der Waals surface area (Å²) in [6.07, 6.45) is 2.59. The van der Waals surface area contributed by atoms with Crippen LogP contribution < -0.4 is 9.47 Å². The SMILES string of the molecule is COc1cc(C(O)C(CCCc2ccccc2)Cc2ccc(C(=O)O)cc2)cc(OC)c1C. The quantitative estimate of drug-likeness (QED) is 0.398. The minimum absolute atomic E-state index is 0.0542. The topological polar surface area (TPSA) is 76.0 Å². The van der Waals surface area contributed by atoms with E-state index in [1.807, 2.05) is 49.4 Å². The number of carboxylic acids is 1. The molecule has 33 heavy (non-hydrogen) atoms. The van der Waals surface area contributed by atoms with Crippen LogP contribution in [0, 0.1) is 12.8 Å². The van der Waals surface area contributed by atoms with Gasteiger partial charge in [-0.1, -0.05) is 42.5 Å². The van der Waals surface area contributed by atoms with E-state index in [1.54, 1.807) is 26.4 Å². The minimum atomic E-state index is -0.945. The predicted molar refractivity (Wildman–Crippen MR) is 129 cm³/mol. The van der Waals surface area contributed by atoms with E-state index >= 15 is 0 Å². The van der Waals surface area contributed by atoms with Crippen LogP contribution in [0.15, 0.2) is 66.7 Å². The Balaban J connectivity index is 1.83. The Hall–Kier alpha value is -3.31. The van der Waals surface area contributed by atoms with Crippen molar-refractivity contribution < 1.29 is 24.5 Å². The lowest BCUT2D eigenvalue weighted by Crippen LogP contribution is -2.17. The molecule has 2 atom stereocenters. The van der Waals surface area contributed by atoms with Gasteiger partial charge in [0.2, 0.25) is 0 Å². The molecule has 3 aromatic rings. The van der Waals surface area contributed by atoms with E-state index in [1.165, 1.54) is 5.56 Å². The van der Waals surface area contributed by atoms with Gasteiger partial charge < -0.3 is 19.7 Å². The molecule has 174 valence electrons. The van der Waals surface area contributed by atoms with E-state index in [-0.39, 0.29) is 11.5 Å². The number of benzene rings is 3. The molecular formula is C28H32O5. The number of aliphatic hydroxyl groups excluding tert-OH is 1. The summed E-state index contributed by atoms with van der Waals surface area (Å²) in [5.74, 6) is 0.357. The molecule has 0 heterocycles. The molecular weight excluding hydrogens is 416 g/mol. The fraction of sp³-hybridized carbons (Fsp3) is 0.321. The number of ether oxygens (including phenoxy) is 2. The number of hydrogen-bond acceptors (Lipinski definition) is 4. The Bertz CT molecular complexity index is 1020. The second-order valence-corrected chi connectivity index (χ2v) is 8.34. The van der Waals surface area contributed by atoms with Gasteiger partial charge in [-0.2, -0.15) is 0 Å². The maximum atomic E-state index is 11.4. The summed E-state index contributed by atoms with van der Waals surface area (Å²) in [7, 11) is 3.22. The van der Waals surface area contributed by atoms with Crippen molar-refractivity contribution in [1.82, 2.24) is 0 Å².